The highest BCUT2D eigenvalue weighted by Gasteiger charge is 2.22. The van der Waals surface area contributed by atoms with E-state index in [-0.39, 0.29) is 7.92 Å². The lowest BCUT2D eigenvalue weighted by atomic mass is 9.85. The second-order valence-corrected chi connectivity index (χ2v) is 9.28. The summed E-state index contributed by atoms with van der Waals surface area (Å²) in [6.45, 7) is 0. The molecule has 0 saturated carbocycles. The fraction of sp³-hybridized carbons (Fsp3) is 0.200. The second kappa shape index (κ2) is 8.47. The van der Waals surface area contributed by atoms with Gasteiger partial charge in [0.1, 0.15) is 0 Å². The number of hydrogen-bond donors (Lipinski definition) is 0. The van der Waals surface area contributed by atoms with Gasteiger partial charge in [0, 0.05) is 5.92 Å². The van der Waals surface area contributed by atoms with Gasteiger partial charge in [-0.15, -0.1) is 0 Å². The van der Waals surface area contributed by atoms with Gasteiger partial charge in [0.15, 0.2) is 0 Å². The maximum absolute atomic E-state index is 2.49. The Kier molecular flexibility index (Phi) is 5.62. The molecule has 0 aromatic heterocycles. The molecule has 0 fully saturated rings. The summed E-state index contributed by atoms with van der Waals surface area (Å²) in [5.41, 5.74) is 1.45. The van der Waals surface area contributed by atoms with Crippen molar-refractivity contribution in [2.75, 3.05) is 6.16 Å². The van der Waals surface area contributed by atoms with E-state index in [2.05, 4.69) is 103 Å². The van der Waals surface area contributed by atoms with E-state index in [1.807, 2.05) is 0 Å². The summed E-state index contributed by atoms with van der Waals surface area (Å²) >= 11 is 0. The first-order chi connectivity index (χ1) is 12.9. The van der Waals surface area contributed by atoms with Gasteiger partial charge in [0.2, 0.25) is 0 Å². The van der Waals surface area contributed by atoms with Gasteiger partial charge in [0.25, 0.3) is 0 Å². The van der Waals surface area contributed by atoms with E-state index < -0.39 is 0 Å². The van der Waals surface area contributed by atoms with Crippen LogP contribution < -0.4 is 10.6 Å². The molecule has 0 saturated heterocycles. The maximum atomic E-state index is 2.49. The molecule has 3 aromatic carbocycles. The third kappa shape index (κ3) is 4.14. The van der Waals surface area contributed by atoms with Crippen LogP contribution in [0, 0.1) is 5.92 Å². The Hall–Kier alpha value is -2.17. The van der Waals surface area contributed by atoms with Crippen LogP contribution in [-0.4, -0.2) is 6.16 Å². The predicted octanol–water partition coefficient (Wildman–Crippen LogP) is 5.87. The van der Waals surface area contributed by atoms with Crippen molar-refractivity contribution in [3.05, 3.63) is 109 Å². The summed E-state index contributed by atoms with van der Waals surface area (Å²) < 4.78 is 0. The first kappa shape index (κ1) is 17.3. The van der Waals surface area contributed by atoms with Crippen molar-refractivity contribution in [3.8, 4) is 0 Å². The topological polar surface area (TPSA) is 0 Å². The van der Waals surface area contributed by atoms with Gasteiger partial charge in [-0.1, -0.05) is 103 Å². The number of benzene rings is 3. The van der Waals surface area contributed by atoms with Gasteiger partial charge in [-0.3, -0.25) is 0 Å². The predicted molar refractivity (Wildman–Crippen MR) is 115 cm³/mol. The van der Waals surface area contributed by atoms with Crippen molar-refractivity contribution in [1.29, 1.82) is 0 Å². The summed E-state index contributed by atoms with van der Waals surface area (Å²) in [5, 5.41) is 2.99. The molecule has 0 spiro atoms. The van der Waals surface area contributed by atoms with E-state index in [0.717, 1.165) is 0 Å². The molecular formula is C25H25P. The molecule has 4 rings (SSSR count). The van der Waals surface area contributed by atoms with Gasteiger partial charge in [-0.2, -0.15) is 0 Å². The molecule has 0 unspecified atom stereocenters. The highest BCUT2D eigenvalue weighted by atomic mass is 31.1. The molecule has 2 atom stereocenters. The molecule has 0 nitrogen and oxygen atoms in total. The van der Waals surface area contributed by atoms with Gasteiger partial charge >= 0.3 is 0 Å². The Morgan fingerprint density at radius 2 is 1.15 bits per heavy atom. The van der Waals surface area contributed by atoms with Gasteiger partial charge in [-0.05, 0) is 49.0 Å². The molecule has 1 aliphatic rings. The highest BCUT2D eigenvalue weighted by molar-refractivity contribution is 7.73. The largest absolute Gasteiger partial charge is 0.0844 e. The fourth-order valence-corrected chi connectivity index (χ4v) is 6.37. The van der Waals surface area contributed by atoms with Gasteiger partial charge in [-0.25, -0.2) is 0 Å². The molecule has 1 aliphatic carbocycles. The van der Waals surface area contributed by atoms with Crippen LogP contribution in [0.4, 0.5) is 0 Å². The summed E-state index contributed by atoms with van der Waals surface area (Å²) in [6, 6.07) is 33.1. The minimum absolute atomic E-state index is 0.294. The summed E-state index contributed by atoms with van der Waals surface area (Å²) in [6.07, 6.45) is 8.74. The molecule has 3 aromatic rings. The van der Waals surface area contributed by atoms with Crippen molar-refractivity contribution in [2.24, 2.45) is 5.92 Å². The van der Waals surface area contributed by atoms with Crippen LogP contribution in [0.1, 0.15) is 24.3 Å². The third-order valence-corrected chi connectivity index (χ3v) is 7.92. The van der Waals surface area contributed by atoms with Crippen LogP contribution in [0.2, 0.25) is 0 Å². The van der Waals surface area contributed by atoms with Crippen LogP contribution in [0.15, 0.2) is 103 Å². The SMILES string of the molecule is C1=C[C@H](c2ccccc2)CC[C@@H]1CP(c1ccccc1)c1ccccc1. The fourth-order valence-electron chi connectivity index (χ4n) is 3.82. The molecule has 0 aliphatic heterocycles. The van der Waals surface area contributed by atoms with E-state index in [0.29, 0.717) is 11.8 Å². The second-order valence-electron chi connectivity index (χ2n) is 7.02. The van der Waals surface area contributed by atoms with Crippen LogP contribution >= 0.6 is 7.92 Å². The lowest BCUT2D eigenvalue weighted by molar-refractivity contribution is 0.550. The van der Waals surface area contributed by atoms with Crippen molar-refractivity contribution < 1.29 is 0 Å². The average Bonchev–Trinajstić information content (AvgIpc) is 2.74. The van der Waals surface area contributed by atoms with Gasteiger partial charge in [0.05, 0.1) is 0 Å². The molecule has 0 bridgehead atoms. The Balaban J connectivity index is 1.52. The average molecular weight is 356 g/mol. The zero-order valence-corrected chi connectivity index (χ0v) is 15.9. The van der Waals surface area contributed by atoms with E-state index >= 15 is 0 Å². The molecule has 0 heterocycles. The van der Waals surface area contributed by atoms with Gasteiger partial charge < -0.3 is 0 Å². The van der Waals surface area contributed by atoms with Crippen molar-refractivity contribution in [1.82, 2.24) is 0 Å². The minimum Gasteiger partial charge on any atom is -0.0844 e. The first-order valence-corrected chi connectivity index (χ1v) is 11.0. The minimum atomic E-state index is -0.294. The van der Waals surface area contributed by atoms with E-state index in [9.17, 15) is 0 Å². The molecular weight excluding hydrogens is 331 g/mol. The van der Waals surface area contributed by atoms with E-state index in [4.69, 9.17) is 0 Å². The Labute approximate surface area is 158 Å². The van der Waals surface area contributed by atoms with Crippen molar-refractivity contribution >= 4 is 18.5 Å². The van der Waals surface area contributed by atoms with Crippen LogP contribution in [0.3, 0.4) is 0 Å². The Morgan fingerprint density at radius 1 is 0.615 bits per heavy atom. The van der Waals surface area contributed by atoms with Crippen molar-refractivity contribution in [3.63, 3.8) is 0 Å². The first-order valence-electron chi connectivity index (χ1n) is 9.51. The standard InChI is InChI=1S/C25H25P/c1-4-10-22(11-5-1)23-18-16-21(17-19-23)20-26(24-12-6-2-7-13-24)25-14-8-3-9-15-25/h1-16,18,21,23H,17,19-20H2/t21-,23+/m1/s1. The summed E-state index contributed by atoms with van der Waals surface area (Å²) in [4.78, 5) is 0. The number of rotatable bonds is 5. The molecule has 0 radical (unpaired) electrons. The molecule has 26 heavy (non-hydrogen) atoms. The third-order valence-electron chi connectivity index (χ3n) is 5.24. The molecule has 1 heteroatoms. The summed E-state index contributed by atoms with van der Waals surface area (Å²) in [5.74, 6) is 1.27. The van der Waals surface area contributed by atoms with Crippen LogP contribution in [-0.2, 0) is 0 Å². The number of allylic oxidation sites excluding steroid dienone is 2. The lowest BCUT2D eigenvalue weighted by Crippen LogP contribution is -2.19. The zero-order chi connectivity index (χ0) is 17.6. The zero-order valence-electron chi connectivity index (χ0n) is 15.0. The maximum Gasteiger partial charge on any atom is 0.00182 e. The molecule has 0 amide bonds. The number of hydrogen-bond acceptors (Lipinski definition) is 0. The van der Waals surface area contributed by atoms with E-state index in [1.54, 1.807) is 0 Å². The smallest absolute Gasteiger partial charge is 0.00182 e. The summed E-state index contributed by atoms with van der Waals surface area (Å²) in [7, 11) is -0.294. The monoisotopic (exact) mass is 356 g/mol. The quantitative estimate of drug-likeness (QED) is 0.396. The van der Waals surface area contributed by atoms with Crippen LogP contribution in [0.25, 0.3) is 0 Å². The highest BCUT2D eigenvalue weighted by Crippen LogP contribution is 2.40. The Morgan fingerprint density at radius 3 is 1.65 bits per heavy atom. The van der Waals surface area contributed by atoms with Crippen LogP contribution in [0.5, 0.6) is 0 Å². The van der Waals surface area contributed by atoms with Crippen molar-refractivity contribution in [2.45, 2.75) is 18.8 Å². The molecule has 130 valence electrons. The Bertz CT molecular complexity index is 784. The van der Waals surface area contributed by atoms with E-state index in [1.165, 1.54) is 35.2 Å². The normalized spacial score (nSPS) is 19.6. The molecule has 0 N–H and O–H groups in total. The lowest BCUT2D eigenvalue weighted by Gasteiger charge is -2.27.